The first-order valence-corrected chi connectivity index (χ1v) is 12.3. The van der Waals surface area contributed by atoms with E-state index < -0.39 is 0 Å². The Morgan fingerprint density at radius 2 is 1.78 bits per heavy atom. The molecule has 2 N–H and O–H groups in total. The van der Waals surface area contributed by atoms with Crippen molar-refractivity contribution >= 4 is 51.5 Å². The number of fused-ring (bicyclic) bond motifs is 2. The number of para-hydroxylation sites is 1. The van der Waals surface area contributed by atoms with E-state index in [1.165, 1.54) is 0 Å². The Morgan fingerprint density at radius 1 is 1.00 bits per heavy atom. The number of hydrogen-bond acceptors (Lipinski definition) is 7. The molecule has 1 aliphatic heterocycles. The third kappa shape index (κ3) is 4.10. The number of aromatic nitrogens is 4. The lowest BCUT2D eigenvalue weighted by molar-refractivity contribution is -0.119. The Bertz CT molecular complexity index is 1440. The first-order valence-electron chi connectivity index (χ1n) is 12.3. The maximum Gasteiger partial charge on any atom is 0.249 e. The van der Waals surface area contributed by atoms with Gasteiger partial charge < -0.3 is 20.4 Å². The van der Waals surface area contributed by atoms with Gasteiger partial charge in [0.2, 0.25) is 11.9 Å². The van der Waals surface area contributed by atoms with E-state index in [9.17, 15) is 4.79 Å². The van der Waals surface area contributed by atoms with Gasteiger partial charge in [-0.05, 0) is 57.5 Å². The Labute approximate surface area is 211 Å². The molecule has 3 heterocycles. The lowest BCUT2D eigenvalue weighted by Gasteiger charge is -2.42. The van der Waals surface area contributed by atoms with Gasteiger partial charge >= 0.3 is 0 Å². The Kier molecular flexibility index (Phi) is 5.99. The van der Waals surface area contributed by atoms with E-state index in [-0.39, 0.29) is 18.0 Å². The number of likely N-dealkylation sites (N-methyl/N-ethyl adjacent to an activating group) is 1. The summed E-state index contributed by atoms with van der Waals surface area (Å²) in [4.78, 5) is 26.1. The maximum absolute atomic E-state index is 12.8. The molecule has 0 saturated carbocycles. The number of rotatable bonds is 6. The van der Waals surface area contributed by atoms with Crippen molar-refractivity contribution in [3.8, 4) is 0 Å². The van der Waals surface area contributed by atoms with Crippen molar-refractivity contribution in [3.05, 3.63) is 54.2 Å². The molecule has 0 radical (unpaired) electrons. The molecule has 0 fully saturated rings. The summed E-state index contributed by atoms with van der Waals surface area (Å²) in [5.41, 5.74) is 4.72. The summed E-state index contributed by atoms with van der Waals surface area (Å²) in [5.74, 6) is 2.02. The predicted octanol–water partition coefficient (Wildman–Crippen LogP) is 4.99. The molecular formula is C27H32N8O. The van der Waals surface area contributed by atoms with Gasteiger partial charge in [-0.15, -0.1) is 0 Å². The van der Waals surface area contributed by atoms with Gasteiger partial charge in [0, 0.05) is 43.0 Å². The molecule has 0 spiro atoms. The third-order valence-corrected chi connectivity index (χ3v) is 6.68. The number of benzene rings is 2. The number of nitrogens with zero attached hydrogens (tertiary/aromatic N) is 6. The molecule has 1 atom stereocenters. The summed E-state index contributed by atoms with van der Waals surface area (Å²) in [6.07, 6.45) is 0.768. The SMILES string of the molecule is CCc1cc(Nc2nn(C)c3ccccc23)nc(Nc2ccc3c(c2)N(C(C)C)[C@H](C)C(=O)N3C)n1. The number of aryl methyl sites for hydroxylation is 2. The molecule has 2 aromatic heterocycles. The van der Waals surface area contributed by atoms with Crippen LogP contribution >= 0.6 is 0 Å². The van der Waals surface area contributed by atoms with Crippen LogP contribution < -0.4 is 20.4 Å². The van der Waals surface area contributed by atoms with Crippen molar-refractivity contribution in [2.45, 2.75) is 46.2 Å². The second-order valence-corrected chi connectivity index (χ2v) is 9.44. The third-order valence-electron chi connectivity index (χ3n) is 6.68. The number of nitrogens with one attached hydrogen (secondary N) is 2. The summed E-state index contributed by atoms with van der Waals surface area (Å²) in [6.45, 7) is 8.23. The van der Waals surface area contributed by atoms with Crippen LogP contribution in [0.15, 0.2) is 48.5 Å². The molecule has 2 aromatic carbocycles. The molecule has 36 heavy (non-hydrogen) atoms. The lowest BCUT2D eigenvalue weighted by atomic mass is 10.0. The van der Waals surface area contributed by atoms with Gasteiger partial charge in [-0.2, -0.15) is 10.1 Å². The largest absolute Gasteiger partial charge is 0.356 e. The summed E-state index contributed by atoms with van der Waals surface area (Å²) in [6, 6.07) is 16.0. The van der Waals surface area contributed by atoms with Gasteiger partial charge in [0.25, 0.3) is 0 Å². The van der Waals surface area contributed by atoms with Crippen LogP contribution in [0.1, 0.15) is 33.4 Å². The topological polar surface area (TPSA) is 91.2 Å². The minimum Gasteiger partial charge on any atom is -0.356 e. The van der Waals surface area contributed by atoms with Crippen molar-refractivity contribution in [1.29, 1.82) is 0 Å². The predicted molar refractivity (Wildman–Crippen MR) is 146 cm³/mol. The molecule has 0 aliphatic carbocycles. The number of carbonyl (C=O) groups excluding carboxylic acids is 1. The maximum atomic E-state index is 12.8. The van der Waals surface area contributed by atoms with Crippen molar-refractivity contribution in [1.82, 2.24) is 19.7 Å². The molecule has 0 saturated heterocycles. The fraction of sp³-hybridized carbons (Fsp3) is 0.333. The van der Waals surface area contributed by atoms with Gasteiger partial charge in [0.15, 0.2) is 5.82 Å². The van der Waals surface area contributed by atoms with E-state index in [0.717, 1.165) is 45.9 Å². The van der Waals surface area contributed by atoms with E-state index in [4.69, 9.17) is 9.97 Å². The molecule has 9 nitrogen and oxygen atoms in total. The molecule has 186 valence electrons. The quantitative estimate of drug-likeness (QED) is 0.398. The monoisotopic (exact) mass is 484 g/mol. The highest BCUT2D eigenvalue weighted by atomic mass is 16.2. The van der Waals surface area contributed by atoms with Crippen molar-refractivity contribution < 1.29 is 4.79 Å². The van der Waals surface area contributed by atoms with E-state index in [2.05, 4.69) is 47.5 Å². The summed E-state index contributed by atoms with van der Waals surface area (Å²) < 4.78 is 1.86. The van der Waals surface area contributed by atoms with Crippen LogP contribution in [0, 0.1) is 0 Å². The Morgan fingerprint density at radius 3 is 2.53 bits per heavy atom. The molecule has 1 aliphatic rings. The normalized spacial score (nSPS) is 15.5. The summed E-state index contributed by atoms with van der Waals surface area (Å²) >= 11 is 0. The second-order valence-electron chi connectivity index (χ2n) is 9.44. The van der Waals surface area contributed by atoms with Gasteiger partial charge in [-0.3, -0.25) is 9.48 Å². The smallest absolute Gasteiger partial charge is 0.249 e. The van der Waals surface area contributed by atoms with Crippen LogP contribution in [0.25, 0.3) is 10.9 Å². The minimum absolute atomic E-state index is 0.0913. The van der Waals surface area contributed by atoms with Crippen LogP contribution in [-0.2, 0) is 18.3 Å². The zero-order chi connectivity index (χ0) is 25.6. The van der Waals surface area contributed by atoms with Crippen LogP contribution in [0.4, 0.5) is 34.6 Å². The van der Waals surface area contributed by atoms with Crippen LogP contribution in [-0.4, -0.2) is 44.8 Å². The molecular weight excluding hydrogens is 452 g/mol. The van der Waals surface area contributed by atoms with Crippen LogP contribution in [0.5, 0.6) is 0 Å². The number of hydrogen-bond donors (Lipinski definition) is 2. The highest BCUT2D eigenvalue weighted by Crippen LogP contribution is 2.39. The highest BCUT2D eigenvalue weighted by molar-refractivity contribution is 6.05. The molecule has 4 aromatic rings. The highest BCUT2D eigenvalue weighted by Gasteiger charge is 2.35. The van der Waals surface area contributed by atoms with E-state index in [0.29, 0.717) is 11.8 Å². The van der Waals surface area contributed by atoms with E-state index >= 15 is 0 Å². The lowest BCUT2D eigenvalue weighted by Crippen LogP contribution is -2.53. The second kappa shape index (κ2) is 9.14. The van der Waals surface area contributed by atoms with Gasteiger partial charge in [-0.25, -0.2) is 4.98 Å². The molecule has 9 heteroatoms. The van der Waals surface area contributed by atoms with Gasteiger partial charge in [-0.1, -0.05) is 19.1 Å². The molecule has 0 unspecified atom stereocenters. The zero-order valence-electron chi connectivity index (χ0n) is 21.6. The van der Waals surface area contributed by atoms with E-state index in [1.54, 1.807) is 4.90 Å². The number of anilines is 6. The Hall–Kier alpha value is -4.14. The zero-order valence-corrected chi connectivity index (χ0v) is 21.6. The summed E-state index contributed by atoms with van der Waals surface area (Å²) in [7, 11) is 3.76. The number of carbonyl (C=O) groups is 1. The van der Waals surface area contributed by atoms with Crippen LogP contribution in [0.3, 0.4) is 0 Å². The van der Waals surface area contributed by atoms with Gasteiger partial charge in [0.05, 0.1) is 16.9 Å². The first-order chi connectivity index (χ1) is 17.3. The fourth-order valence-electron chi connectivity index (χ4n) is 4.90. The van der Waals surface area contributed by atoms with Crippen molar-refractivity contribution in [3.63, 3.8) is 0 Å². The fourth-order valence-corrected chi connectivity index (χ4v) is 4.90. The Balaban J connectivity index is 1.48. The molecule has 0 bridgehead atoms. The average Bonchev–Trinajstić information content (AvgIpc) is 3.17. The standard InChI is InChI=1S/C27H32N8O/c1-7-18-15-24(30-25-20-10-8-9-11-21(20)34(6)32-25)31-27(28-18)29-19-12-13-22-23(14-19)35(16(2)3)17(4)26(36)33(22)5/h8-17H,7H2,1-6H3,(H2,28,29,30,31,32)/t17-/m1/s1. The summed E-state index contributed by atoms with van der Waals surface area (Å²) in [5, 5.41) is 12.4. The number of amides is 1. The van der Waals surface area contributed by atoms with Crippen molar-refractivity contribution in [2.75, 3.05) is 27.5 Å². The van der Waals surface area contributed by atoms with Gasteiger partial charge in [0.1, 0.15) is 11.9 Å². The first kappa shape index (κ1) is 23.6. The van der Waals surface area contributed by atoms with Crippen LogP contribution in [0.2, 0.25) is 0 Å². The average molecular weight is 485 g/mol. The van der Waals surface area contributed by atoms with Crippen molar-refractivity contribution in [2.24, 2.45) is 7.05 Å². The molecule has 5 rings (SSSR count). The molecule has 1 amide bonds. The minimum atomic E-state index is -0.235. The van der Waals surface area contributed by atoms with E-state index in [1.807, 2.05) is 68.2 Å².